The normalized spacial score (nSPS) is 23.2. The summed E-state index contributed by atoms with van der Waals surface area (Å²) >= 11 is 0. The second kappa shape index (κ2) is 6.77. The van der Waals surface area contributed by atoms with Crippen molar-refractivity contribution in [2.75, 3.05) is 11.9 Å². The molecule has 1 heterocycles. The van der Waals surface area contributed by atoms with Gasteiger partial charge in [0.25, 0.3) is 0 Å². The quantitative estimate of drug-likeness (QED) is 0.876. The van der Waals surface area contributed by atoms with Gasteiger partial charge < -0.3 is 10.1 Å². The summed E-state index contributed by atoms with van der Waals surface area (Å²) in [5, 5.41) is 3.44. The fraction of sp³-hybridized carbons (Fsp3) is 0.600. The summed E-state index contributed by atoms with van der Waals surface area (Å²) < 4.78 is 32.2. The van der Waals surface area contributed by atoms with Crippen LogP contribution in [0.2, 0.25) is 0 Å². The summed E-state index contributed by atoms with van der Waals surface area (Å²) in [6.45, 7) is 6.45. The van der Waals surface area contributed by atoms with Crippen LogP contribution in [0.25, 0.3) is 0 Å². The molecular formula is C15H24N2O3S. The summed E-state index contributed by atoms with van der Waals surface area (Å²) in [5.41, 5.74) is 0.942. The molecule has 0 amide bonds. The van der Waals surface area contributed by atoms with E-state index in [0.717, 1.165) is 25.1 Å². The number of rotatable bonds is 5. The van der Waals surface area contributed by atoms with E-state index < -0.39 is 10.0 Å². The zero-order chi connectivity index (χ0) is 15.5. The maximum Gasteiger partial charge on any atom is 0.240 e. The average molecular weight is 312 g/mol. The maximum absolute atomic E-state index is 12.0. The molecule has 21 heavy (non-hydrogen) atoms. The minimum absolute atomic E-state index is 0.114. The second-order valence-electron chi connectivity index (χ2n) is 5.85. The van der Waals surface area contributed by atoms with Crippen molar-refractivity contribution in [2.45, 2.75) is 56.7 Å². The van der Waals surface area contributed by atoms with Crippen LogP contribution in [0.1, 0.15) is 33.6 Å². The molecule has 0 spiro atoms. The van der Waals surface area contributed by atoms with Crippen molar-refractivity contribution in [2.24, 2.45) is 0 Å². The smallest absolute Gasteiger partial charge is 0.240 e. The molecule has 2 N–H and O–H groups in total. The van der Waals surface area contributed by atoms with E-state index in [1.54, 1.807) is 26.0 Å². The van der Waals surface area contributed by atoms with E-state index in [4.69, 9.17) is 4.74 Å². The topological polar surface area (TPSA) is 67.4 Å². The minimum atomic E-state index is -3.42. The highest BCUT2D eigenvalue weighted by atomic mass is 32.2. The van der Waals surface area contributed by atoms with E-state index in [0.29, 0.717) is 10.9 Å². The van der Waals surface area contributed by atoms with Crippen molar-refractivity contribution < 1.29 is 13.2 Å². The summed E-state index contributed by atoms with van der Waals surface area (Å²) in [6.07, 6.45) is 2.21. The molecule has 0 aliphatic carbocycles. The lowest BCUT2D eigenvalue weighted by Gasteiger charge is -2.28. The summed E-state index contributed by atoms with van der Waals surface area (Å²) in [6, 6.07) is 7.16. The predicted octanol–water partition coefficient (Wildman–Crippen LogP) is 2.35. The Bertz CT molecular complexity index is 555. The molecule has 2 atom stereocenters. The first kappa shape index (κ1) is 16.3. The van der Waals surface area contributed by atoms with Crippen LogP contribution in [0, 0.1) is 0 Å². The summed E-state index contributed by atoms with van der Waals surface area (Å²) in [4.78, 5) is 0.294. The lowest BCUT2D eigenvalue weighted by molar-refractivity contribution is 0.0232. The van der Waals surface area contributed by atoms with Gasteiger partial charge in [0.15, 0.2) is 0 Å². The largest absolute Gasteiger partial charge is 0.382 e. The van der Waals surface area contributed by atoms with Gasteiger partial charge in [0, 0.05) is 24.4 Å². The zero-order valence-electron chi connectivity index (χ0n) is 12.8. The highest BCUT2D eigenvalue weighted by Gasteiger charge is 2.19. The zero-order valence-corrected chi connectivity index (χ0v) is 13.6. The van der Waals surface area contributed by atoms with Gasteiger partial charge in [-0.2, -0.15) is 0 Å². The number of sulfonamides is 1. The fourth-order valence-electron chi connectivity index (χ4n) is 2.47. The number of hydrogen-bond acceptors (Lipinski definition) is 4. The van der Waals surface area contributed by atoms with E-state index in [1.165, 1.54) is 0 Å². The van der Waals surface area contributed by atoms with Crippen LogP contribution in [-0.2, 0) is 14.8 Å². The van der Waals surface area contributed by atoms with Gasteiger partial charge in [-0.05, 0) is 57.9 Å². The summed E-state index contributed by atoms with van der Waals surface area (Å²) in [7, 11) is -3.42. The lowest BCUT2D eigenvalue weighted by Crippen LogP contribution is -2.32. The van der Waals surface area contributed by atoms with Crippen molar-refractivity contribution in [3.05, 3.63) is 24.3 Å². The Morgan fingerprint density at radius 1 is 1.24 bits per heavy atom. The van der Waals surface area contributed by atoms with Crippen LogP contribution in [0.15, 0.2) is 29.2 Å². The van der Waals surface area contributed by atoms with Gasteiger partial charge in [-0.3, -0.25) is 0 Å². The van der Waals surface area contributed by atoms with E-state index >= 15 is 0 Å². The number of hydrogen-bond donors (Lipinski definition) is 2. The number of nitrogens with one attached hydrogen (secondary N) is 2. The van der Waals surface area contributed by atoms with Crippen molar-refractivity contribution in [1.82, 2.24) is 4.72 Å². The van der Waals surface area contributed by atoms with Crippen LogP contribution in [0.4, 0.5) is 5.69 Å². The maximum atomic E-state index is 12.0. The first-order chi connectivity index (χ1) is 9.87. The van der Waals surface area contributed by atoms with Crippen LogP contribution >= 0.6 is 0 Å². The molecule has 2 unspecified atom stereocenters. The van der Waals surface area contributed by atoms with Gasteiger partial charge in [-0.25, -0.2) is 13.1 Å². The van der Waals surface area contributed by atoms with E-state index in [-0.39, 0.29) is 12.1 Å². The molecule has 5 nitrogen and oxygen atoms in total. The molecule has 1 fully saturated rings. The highest BCUT2D eigenvalue weighted by molar-refractivity contribution is 7.89. The Morgan fingerprint density at radius 3 is 2.48 bits per heavy atom. The van der Waals surface area contributed by atoms with Gasteiger partial charge in [-0.15, -0.1) is 0 Å². The SMILES string of the molecule is CC(C)NS(=O)(=O)c1ccc(NC2CCOC(C)C2)cc1. The predicted molar refractivity (Wildman–Crippen MR) is 84.0 cm³/mol. The van der Waals surface area contributed by atoms with Crippen LogP contribution < -0.4 is 10.0 Å². The molecule has 0 saturated carbocycles. The molecule has 118 valence electrons. The second-order valence-corrected chi connectivity index (χ2v) is 7.56. The molecule has 1 aliphatic rings. The molecule has 0 radical (unpaired) electrons. The average Bonchev–Trinajstić information content (AvgIpc) is 2.38. The molecule has 6 heteroatoms. The Balaban J connectivity index is 2.02. The van der Waals surface area contributed by atoms with Crippen molar-refractivity contribution in [3.8, 4) is 0 Å². The van der Waals surface area contributed by atoms with E-state index in [1.807, 2.05) is 12.1 Å². The van der Waals surface area contributed by atoms with Gasteiger partial charge in [-0.1, -0.05) is 0 Å². The number of ether oxygens (including phenoxy) is 1. The van der Waals surface area contributed by atoms with Gasteiger partial charge in [0.1, 0.15) is 0 Å². The standard InChI is InChI=1S/C15H24N2O3S/c1-11(2)17-21(18,19)15-6-4-13(5-7-15)16-14-8-9-20-12(3)10-14/h4-7,11-12,14,16-17H,8-10H2,1-3H3. The van der Waals surface area contributed by atoms with Crippen molar-refractivity contribution in [1.29, 1.82) is 0 Å². The Hall–Kier alpha value is -1.11. The van der Waals surface area contributed by atoms with E-state index in [2.05, 4.69) is 17.0 Å². The highest BCUT2D eigenvalue weighted by Crippen LogP contribution is 2.20. The lowest BCUT2D eigenvalue weighted by atomic mass is 10.0. The Labute approximate surface area is 127 Å². The fourth-order valence-corrected chi connectivity index (χ4v) is 3.72. The Morgan fingerprint density at radius 2 is 1.90 bits per heavy atom. The molecule has 0 aromatic heterocycles. The first-order valence-corrected chi connectivity index (χ1v) is 8.85. The first-order valence-electron chi connectivity index (χ1n) is 7.37. The van der Waals surface area contributed by atoms with Gasteiger partial charge in [0.05, 0.1) is 11.0 Å². The third kappa shape index (κ3) is 4.69. The molecule has 0 bridgehead atoms. The number of anilines is 1. The van der Waals surface area contributed by atoms with Crippen molar-refractivity contribution in [3.63, 3.8) is 0 Å². The molecule has 1 aromatic carbocycles. The molecule has 1 aromatic rings. The minimum Gasteiger partial charge on any atom is -0.382 e. The number of benzene rings is 1. The van der Waals surface area contributed by atoms with Crippen molar-refractivity contribution >= 4 is 15.7 Å². The monoisotopic (exact) mass is 312 g/mol. The molecule has 2 rings (SSSR count). The van der Waals surface area contributed by atoms with E-state index in [9.17, 15) is 8.42 Å². The third-order valence-electron chi connectivity index (χ3n) is 3.41. The van der Waals surface area contributed by atoms with Crippen LogP contribution in [0.5, 0.6) is 0 Å². The summed E-state index contributed by atoms with van der Waals surface area (Å²) in [5.74, 6) is 0. The Kier molecular flexibility index (Phi) is 5.24. The van der Waals surface area contributed by atoms with Gasteiger partial charge in [0.2, 0.25) is 10.0 Å². The molecule has 1 saturated heterocycles. The van der Waals surface area contributed by atoms with Crippen LogP contribution in [0.3, 0.4) is 0 Å². The van der Waals surface area contributed by atoms with Gasteiger partial charge >= 0.3 is 0 Å². The molecule has 1 aliphatic heterocycles. The molecular weight excluding hydrogens is 288 g/mol. The third-order valence-corrected chi connectivity index (χ3v) is 5.09. The van der Waals surface area contributed by atoms with Crippen LogP contribution in [-0.4, -0.2) is 33.2 Å².